The van der Waals surface area contributed by atoms with Crippen LogP contribution in [0.1, 0.15) is 12.8 Å². The predicted octanol–water partition coefficient (Wildman–Crippen LogP) is -0.947. The number of primary amides is 1. The van der Waals surface area contributed by atoms with Crippen molar-refractivity contribution in [2.45, 2.75) is 18.9 Å². The molecule has 0 radical (unpaired) electrons. The maximum Gasteiger partial charge on any atom is 0.326 e. The van der Waals surface area contributed by atoms with Gasteiger partial charge in [-0.2, -0.15) is 11.8 Å². The fourth-order valence-electron chi connectivity index (χ4n) is 1.91. The Morgan fingerprint density at radius 3 is 2.52 bits per heavy atom. The topological polar surface area (TPSA) is 125 Å². The van der Waals surface area contributed by atoms with E-state index in [1.807, 2.05) is 11.8 Å². The smallest absolute Gasteiger partial charge is 0.326 e. The van der Waals surface area contributed by atoms with E-state index in [4.69, 9.17) is 10.8 Å². The van der Waals surface area contributed by atoms with Crippen molar-refractivity contribution in [3.8, 4) is 0 Å². The van der Waals surface area contributed by atoms with Crippen molar-refractivity contribution in [3.05, 3.63) is 0 Å². The molecule has 0 saturated carbocycles. The van der Waals surface area contributed by atoms with Gasteiger partial charge < -0.3 is 21.5 Å². The molecule has 1 heterocycles. The summed E-state index contributed by atoms with van der Waals surface area (Å²) in [5.41, 5.74) is 4.97. The molecule has 21 heavy (non-hydrogen) atoms. The molecule has 1 aliphatic heterocycles. The zero-order valence-electron chi connectivity index (χ0n) is 11.8. The molecule has 120 valence electrons. The van der Waals surface area contributed by atoms with Crippen molar-refractivity contribution in [1.82, 2.24) is 15.5 Å². The van der Waals surface area contributed by atoms with Crippen molar-refractivity contribution < 1.29 is 19.5 Å². The third-order valence-electron chi connectivity index (χ3n) is 3.10. The van der Waals surface area contributed by atoms with Crippen LogP contribution in [-0.2, 0) is 9.59 Å². The highest BCUT2D eigenvalue weighted by atomic mass is 32.2. The zero-order valence-corrected chi connectivity index (χ0v) is 12.7. The molecule has 5 N–H and O–H groups in total. The number of aliphatic carboxylic acids is 1. The first-order valence-corrected chi connectivity index (χ1v) is 8.00. The summed E-state index contributed by atoms with van der Waals surface area (Å²) < 4.78 is 0. The second kappa shape index (κ2) is 9.46. The molecule has 0 spiro atoms. The van der Waals surface area contributed by atoms with E-state index >= 15 is 0 Å². The van der Waals surface area contributed by atoms with Crippen LogP contribution in [0.2, 0.25) is 0 Å². The molecular formula is C12H22N4O4S. The Hall–Kier alpha value is -1.48. The van der Waals surface area contributed by atoms with Crippen LogP contribution in [0, 0.1) is 0 Å². The lowest BCUT2D eigenvalue weighted by molar-refractivity contribution is -0.139. The lowest BCUT2D eigenvalue weighted by Gasteiger charge is -2.26. The number of carboxylic acids is 1. The second-order valence-corrected chi connectivity index (χ2v) is 5.97. The molecule has 3 amide bonds. The molecule has 0 unspecified atom stereocenters. The van der Waals surface area contributed by atoms with Gasteiger partial charge in [0.2, 0.25) is 5.91 Å². The van der Waals surface area contributed by atoms with Crippen LogP contribution in [0.5, 0.6) is 0 Å². The van der Waals surface area contributed by atoms with Gasteiger partial charge in [-0.1, -0.05) is 0 Å². The number of amides is 3. The lowest BCUT2D eigenvalue weighted by atomic mass is 10.1. The maximum atomic E-state index is 11.6. The summed E-state index contributed by atoms with van der Waals surface area (Å²) in [5.74, 6) is 0.423. The highest BCUT2D eigenvalue weighted by Crippen LogP contribution is 2.07. The first kappa shape index (κ1) is 17.6. The summed E-state index contributed by atoms with van der Waals surface area (Å²) in [4.78, 5) is 35.5. The van der Waals surface area contributed by atoms with Gasteiger partial charge in [-0.25, -0.2) is 9.59 Å². The Labute approximate surface area is 127 Å². The van der Waals surface area contributed by atoms with Gasteiger partial charge in [-0.05, 0) is 6.42 Å². The van der Waals surface area contributed by atoms with Gasteiger partial charge >= 0.3 is 12.0 Å². The molecule has 0 aliphatic carbocycles. The first-order chi connectivity index (χ1) is 9.99. The summed E-state index contributed by atoms with van der Waals surface area (Å²) in [6.45, 7) is 3.21. The minimum atomic E-state index is -1.18. The molecule has 1 aliphatic rings. The third kappa shape index (κ3) is 7.76. The lowest BCUT2D eigenvalue weighted by Crippen LogP contribution is -2.48. The quantitative estimate of drug-likeness (QED) is 0.457. The van der Waals surface area contributed by atoms with Gasteiger partial charge in [0.1, 0.15) is 6.04 Å². The summed E-state index contributed by atoms with van der Waals surface area (Å²) >= 11 is 1.91. The average Bonchev–Trinajstić information content (AvgIpc) is 2.44. The summed E-state index contributed by atoms with van der Waals surface area (Å²) in [6.07, 6.45) is -0.0931. The van der Waals surface area contributed by atoms with Crippen molar-refractivity contribution >= 4 is 29.7 Å². The van der Waals surface area contributed by atoms with Crippen molar-refractivity contribution in [3.63, 3.8) is 0 Å². The predicted molar refractivity (Wildman–Crippen MR) is 80.2 cm³/mol. The van der Waals surface area contributed by atoms with E-state index < -0.39 is 23.9 Å². The van der Waals surface area contributed by atoms with Gasteiger partial charge in [-0.15, -0.1) is 0 Å². The number of urea groups is 1. The normalized spacial score (nSPS) is 17.0. The van der Waals surface area contributed by atoms with E-state index in [1.54, 1.807) is 0 Å². The van der Waals surface area contributed by atoms with Gasteiger partial charge in [0.05, 0.1) is 0 Å². The van der Waals surface area contributed by atoms with Crippen LogP contribution >= 0.6 is 11.8 Å². The van der Waals surface area contributed by atoms with E-state index in [0.717, 1.165) is 31.1 Å². The van der Waals surface area contributed by atoms with Crippen molar-refractivity contribution in [1.29, 1.82) is 0 Å². The Kier molecular flexibility index (Phi) is 7.91. The highest BCUT2D eigenvalue weighted by molar-refractivity contribution is 7.99. The largest absolute Gasteiger partial charge is 0.480 e. The Morgan fingerprint density at radius 1 is 1.29 bits per heavy atom. The van der Waals surface area contributed by atoms with Gasteiger partial charge in [0.25, 0.3) is 0 Å². The van der Waals surface area contributed by atoms with Crippen LogP contribution in [0.4, 0.5) is 4.79 Å². The van der Waals surface area contributed by atoms with Gasteiger partial charge in [0.15, 0.2) is 0 Å². The van der Waals surface area contributed by atoms with Gasteiger partial charge in [-0.3, -0.25) is 9.69 Å². The van der Waals surface area contributed by atoms with Gasteiger partial charge in [0, 0.05) is 44.1 Å². The Balaban J connectivity index is 2.22. The number of carbonyl (C=O) groups excluding carboxylic acids is 2. The van der Waals surface area contributed by atoms with E-state index in [0.29, 0.717) is 6.54 Å². The number of carbonyl (C=O) groups is 3. The summed E-state index contributed by atoms with van der Waals surface area (Å²) in [7, 11) is 0. The number of rotatable bonds is 8. The first-order valence-electron chi connectivity index (χ1n) is 6.84. The Morgan fingerprint density at radius 2 is 1.95 bits per heavy atom. The fourth-order valence-corrected chi connectivity index (χ4v) is 2.88. The molecule has 9 heteroatoms. The van der Waals surface area contributed by atoms with Crippen LogP contribution in [0.15, 0.2) is 0 Å². The van der Waals surface area contributed by atoms with Crippen LogP contribution in [-0.4, -0.2) is 71.6 Å². The second-order valence-electron chi connectivity index (χ2n) is 4.75. The molecule has 8 nitrogen and oxygen atoms in total. The fraction of sp³-hybridized carbons (Fsp3) is 0.750. The molecule has 1 atom stereocenters. The minimum absolute atomic E-state index is 0.0125. The molecule has 0 aromatic heterocycles. The Bertz CT molecular complexity index is 374. The number of nitrogens with zero attached hydrogens (tertiary/aromatic N) is 1. The number of thioether (sulfide) groups is 1. The molecule has 0 bridgehead atoms. The van der Waals surface area contributed by atoms with Crippen LogP contribution in [0.3, 0.4) is 0 Å². The SMILES string of the molecule is NC(=O)CC[C@@H](NC(=O)NCCN1CCSCC1)C(=O)O. The van der Waals surface area contributed by atoms with E-state index in [1.165, 1.54) is 0 Å². The van der Waals surface area contributed by atoms with Crippen molar-refractivity contribution in [2.75, 3.05) is 37.7 Å². The maximum absolute atomic E-state index is 11.6. The zero-order chi connectivity index (χ0) is 15.7. The van der Waals surface area contributed by atoms with E-state index in [-0.39, 0.29) is 12.8 Å². The molecule has 1 saturated heterocycles. The molecule has 1 rings (SSSR count). The summed E-state index contributed by atoms with van der Waals surface area (Å²) in [6, 6.07) is -1.65. The average molecular weight is 318 g/mol. The van der Waals surface area contributed by atoms with Crippen LogP contribution in [0.25, 0.3) is 0 Å². The number of nitrogens with one attached hydrogen (secondary N) is 2. The molecular weight excluding hydrogens is 296 g/mol. The van der Waals surface area contributed by atoms with Crippen molar-refractivity contribution in [2.24, 2.45) is 5.73 Å². The minimum Gasteiger partial charge on any atom is -0.480 e. The monoisotopic (exact) mass is 318 g/mol. The number of nitrogens with two attached hydrogens (primary N) is 1. The highest BCUT2D eigenvalue weighted by Gasteiger charge is 2.20. The molecule has 0 aromatic rings. The molecule has 1 fully saturated rings. The standard InChI is InChI=1S/C12H22N4O4S/c13-10(17)2-1-9(11(18)19)15-12(20)14-3-4-16-5-7-21-8-6-16/h9H,1-8H2,(H2,13,17)(H,18,19)(H2,14,15,20)/t9-/m1/s1. The van der Waals surface area contributed by atoms with E-state index in [9.17, 15) is 14.4 Å². The van der Waals surface area contributed by atoms with Crippen LogP contribution < -0.4 is 16.4 Å². The number of hydrogen-bond acceptors (Lipinski definition) is 5. The summed E-state index contributed by atoms with van der Waals surface area (Å²) in [5, 5.41) is 13.9. The van der Waals surface area contributed by atoms with E-state index in [2.05, 4.69) is 15.5 Å². The number of carboxylic acid groups (broad SMARTS) is 1. The molecule has 0 aromatic carbocycles. The third-order valence-corrected chi connectivity index (χ3v) is 4.04. The number of hydrogen-bond donors (Lipinski definition) is 4.